The second kappa shape index (κ2) is 9.51. The van der Waals surface area contributed by atoms with E-state index in [-0.39, 0.29) is 24.0 Å². The number of guanidine groups is 1. The van der Waals surface area contributed by atoms with Crippen LogP contribution in [0.25, 0.3) is 0 Å². The zero-order valence-electron chi connectivity index (χ0n) is 15.2. The van der Waals surface area contributed by atoms with Crippen molar-refractivity contribution >= 4 is 29.9 Å². The van der Waals surface area contributed by atoms with Gasteiger partial charge in [0.15, 0.2) is 5.96 Å². The molecule has 1 aliphatic heterocycles. The van der Waals surface area contributed by atoms with E-state index in [9.17, 15) is 0 Å². The monoisotopic (exact) mass is 469 g/mol. The Balaban J connectivity index is 0.00000243. The molecule has 2 aromatic rings. The maximum atomic E-state index is 5.97. The van der Waals surface area contributed by atoms with Gasteiger partial charge in [-0.2, -0.15) is 0 Å². The third kappa shape index (κ3) is 5.17. The van der Waals surface area contributed by atoms with Gasteiger partial charge in [-0.15, -0.1) is 24.0 Å². The van der Waals surface area contributed by atoms with Crippen LogP contribution >= 0.6 is 24.0 Å². The van der Waals surface area contributed by atoms with Crippen LogP contribution in [-0.4, -0.2) is 45.2 Å². The molecule has 0 fully saturated rings. The number of rotatable bonds is 6. The minimum absolute atomic E-state index is 0. The van der Waals surface area contributed by atoms with Crippen LogP contribution in [0.5, 0.6) is 23.0 Å². The van der Waals surface area contributed by atoms with Gasteiger partial charge >= 0.3 is 0 Å². The van der Waals surface area contributed by atoms with Gasteiger partial charge in [0.1, 0.15) is 23.0 Å². The molecule has 2 aromatic carbocycles. The van der Waals surface area contributed by atoms with Crippen molar-refractivity contribution in [1.29, 1.82) is 0 Å². The average molecular weight is 469 g/mol. The van der Waals surface area contributed by atoms with Crippen molar-refractivity contribution in [3.05, 3.63) is 48.0 Å². The molecule has 0 amide bonds. The van der Waals surface area contributed by atoms with Crippen LogP contribution in [-0.2, 0) is 6.54 Å². The van der Waals surface area contributed by atoms with Crippen molar-refractivity contribution in [2.75, 3.05) is 34.4 Å². The number of methoxy groups -OCH3 is 2. The van der Waals surface area contributed by atoms with Gasteiger partial charge in [-0.05, 0) is 17.7 Å². The lowest BCUT2D eigenvalue weighted by molar-refractivity contribution is 0.386. The molecule has 0 aliphatic carbocycles. The van der Waals surface area contributed by atoms with E-state index in [2.05, 4.69) is 21.3 Å². The fourth-order valence-corrected chi connectivity index (χ4v) is 2.60. The molecular weight excluding hydrogens is 445 g/mol. The third-order valence-electron chi connectivity index (χ3n) is 3.97. The highest BCUT2D eigenvalue weighted by atomic mass is 127. The Bertz CT molecular complexity index is 745. The quantitative estimate of drug-likeness (QED) is 0.657. The van der Waals surface area contributed by atoms with Gasteiger partial charge in [0.05, 0.1) is 20.8 Å². The van der Waals surface area contributed by atoms with E-state index >= 15 is 0 Å². The first kappa shape index (κ1) is 20.2. The first-order valence-corrected chi connectivity index (χ1v) is 8.17. The molecule has 6 nitrogen and oxygen atoms in total. The van der Waals surface area contributed by atoms with Crippen molar-refractivity contribution in [1.82, 2.24) is 10.2 Å². The fraction of sp³-hybridized carbons (Fsp3) is 0.316. The fourth-order valence-electron chi connectivity index (χ4n) is 2.60. The number of ether oxygens (including phenoxy) is 3. The predicted octanol–water partition coefficient (Wildman–Crippen LogP) is 3.51. The SMILES string of the molecule is COc1cc(OC)cc(Oc2cccc(CNC3=NCCN3C)c2)c1.I. The molecule has 0 bridgehead atoms. The van der Waals surface area contributed by atoms with E-state index in [0.29, 0.717) is 23.8 Å². The highest BCUT2D eigenvalue weighted by Gasteiger charge is 2.11. The maximum Gasteiger partial charge on any atom is 0.194 e. The molecule has 3 rings (SSSR count). The van der Waals surface area contributed by atoms with Crippen LogP contribution in [0.15, 0.2) is 47.5 Å². The van der Waals surface area contributed by atoms with Crippen molar-refractivity contribution in [3.63, 3.8) is 0 Å². The zero-order valence-corrected chi connectivity index (χ0v) is 17.5. The summed E-state index contributed by atoms with van der Waals surface area (Å²) in [6.45, 7) is 2.50. The summed E-state index contributed by atoms with van der Waals surface area (Å²) in [5, 5.41) is 3.36. The minimum Gasteiger partial charge on any atom is -0.496 e. The van der Waals surface area contributed by atoms with Crippen LogP contribution in [0.2, 0.25) is 0 Å². The number of benzene rings is 2. The molecule has 0 saturated carbocycles. The summed E-state index contributed by atoms with van der Waals surface area (Å²) in [4.78, 5) is 6.55. The van der Waals surface area contributed by atoms with E-state index in [4.69, 9.17) is 14.2 Å². The molecule has 0 spiro atoms. The Hall–Kier alpha value is -2.16. The molecular formula is C19H24IN3O3. The molecule has 0 atom stereocenters. The van der Waals surface area contributed by atoms with Crippen molar-refractivity contribution < 1.29 is 14.2 Å². The minimum atomic E-state index is 0. The molecule has 1 aliphatic rings. The second-order valence-electron chi connectivity index (χ2n) is 5.78. The van der Waals surface area contributed by atoms with Gasteiger partial charge in [-0.3, -0.25) is 4.99 Å². The summed E-state index contributed by atoms with van der Waals surface area (Å²) in [5.41, 5.74) is 1.12. The molecule has 26 heavy (non-hydrogen) atoms. The summed E-state index contributed by atoms with van der Waals surface area (Å²) in [5.74, 6) is 3.74. The molecule has 140 valence electrons. The highest BCUT2D eigenvalue weighted by molar-refractivity contribution is 14.0. The molecule has 7 heteroatoms. The third-order valence-corrected chi connectivity index (χ3v) is 3.97. The van der Waals surface area contributed by atoms with Gasteiger partial charge in [0, 0.05) is 38.3 Å². The molecule has 0 radical (unpaired) electrons. The van der Waals surface area contributed by atoms with E-state index in [1.54, 1.807) is 14.2 Å². The number of nitrogens with one attached hydrogen (secondary N) is 1. The predicted molar refractivity (Wildman–Crippen MR) is 113 cm³/mol. The van der Waals surface area contributed by atoms with Gasteiger partial charge in [-0.1, -0.05) is 12.1 Å². The second-order valence-corrected chi connectivity index (χ2v) is 5.78. The molecule has 0 aromatic heterocycles. The van der Waals surface area contributed by atoms with E-state index in [0.717, 1.165) is 30.4 Å². The maximum absolute atomic E-state index is 5.97. The van der Waals surface area contributed by atoms with Crippen molar-refractivity contribution in [2.24, 2.45) is 4.99 Å². The van der Waals surface area contributed by atoms with Crippen LogP contribution in [0.3, 0.4) is 0 Å². The summed E-state index contributed by atoms with van der Waals surface area (Å²) >= 11 is 0. The Morgan fingerprint density at radius 2 is 1.69 bits per heavy atom. The number of likely N-dealkylation sites (N-methyl/N-ethyl adjacent to an activating group) is 1. The topological polar surface area (TPSA) is 55.3 Å². The number of nitrogens with zero attached hydrogens (tertiary/aromatic N) is 2. The summed E-state index contributed by atoms with van der Waals surface area (Å²) in [6.07, 6.45) is 0. The van der Waals surface area contributed by atoms with Crippen molar-refractivity contribution in [2.45, 2.75) is 6.54 Å². The van der Waals surface area contributed by atoms with Crippen LogP contribution in [0.4, 0.5) is 0 Å². The molecule has 1 heterocycles. The standard InChI is InChI=1S/C19H23N3O3.HI/c1-22-8-7-20-19(22)21-13-14-5-4-6-15(9-14)25-18-11-16(23-2)10-17(12-18)24-3;/h4-6,9-12H,7-8,13H2,1-3H3,(H,20,21);1H. The van der Waals surface area contributed by atoms with Gasteiger partial charge in [0.25, 0.3) is 0 Å². The Kier molecular flexibility index (Phi) is 7.38. The Morgan fingerprint density at radius 3 is 2.31 bits per heavy atom. The normalized spacial score (nSPS) is 12.9. The molecule has 1 N–H and O–H groups in total. The van der Waals surface area contributed by atoms with E-state index in [1.807, 2.05) is 43.4 Å². The highest BCUT2D eigenvalue weighted by Crippen LogP contribution is 2.31. The zero-order chi connectivity index (χ0) is 17.6. The van der Waals surface area contributed by atoms with E-state index < -0.39 is 0 Å². The number of aliphatic imine (C=N–C) groups is 1. The first-order chi connectivity index (χ1) is 12.2. The van der Waals surface area contributed by atoms with Crippen LogP contribution in [0.1, 0.15) is 5.56 Å². The van der Waals surface area contributed by atoms with Crippen LogP contribution in [0, 0.1) is 0 Å². The van der Waals surface area contributed by atoms with E-state index in [1.165, 1.54) is 0 Å². The number of hydrogen-bond acceptors (Lipinski definition) is 6. The summed E-state index contributed by atoms with van der Waals surface area (Å²) in [6, 6.07) is 13.4. The number of hydrogen-bond donors (Lipinski definition) is 1. The largest absolute Gasteiger partial charge is 0.496 e. The molecule has 0 unspecified atom stereocenters. The number of halogens is 1. The summed E-state index contributed by atoms with van der Waals surface area (Å²) < 4.78 is 16.5. The Labute approximate surface area is 171 Å². The van der Waals surface area contributed by atoms with Gasteiger partial charge in [-0.25, -0.2) is 0 Å². The lowest BCUT2D eigenvalue weighted by Crippen LogP contribution is -2.35. The van der Waals surface area contributed by atoms with Gasteiger partial charge < -0.3 is 24.4 Å². The van der Waals surface area contributed by atoms with Crippen LogP contribution < -0.4 is 19.5 Å². The smallest absolute Gasteiger partial charge is 0.194 e. The lowest BCUT2D eigenvalue weighted by atomic mass is 10.2. The molecule has 0 saturated heterocycles. The van der Waals surface area contributed by atoms with Crippen molar-refractivity contribution in [3.8, 4) is 23.0 Å². The van der Waals surface area contributed by atoms with Gasteiger partial charge in [0.2, 0.25) is 0 Å². The lowest BCUT2D eigenvalue weighted by Gasteiger charge is -2.15. The first-order valence-electron chi connectivity index (χ1n) is 8.17. The Morgan fingerprint density at radius 1 is 1.00 bits per heavy atom. The summed E-state index contributed by atoms with van der Waals surface area (Å²) in [7, 11) is 5.27. The average Bonchev–Trinajstić information content (AvgIpc) is 3.05.